The van der Waals surface area contributed by atoms with E-state index in [2.05, 4.69) is 238 Å². The third-order valence-electron chi connectivity index (χ3n) is 22.5. The molecule has 4 saturated carbocycles. The Morgan fingerprint density at radius 2 is 0.800 bits per heavy atom. The minimum Gasteiger partial charge on any atom is -0.393 e. The zero-order valence-corrected chi connectivity index (χ0v) is 65.8. The standard InChI is InChI=1S/C17H19N3.C17H21N.C17H20O.C17H18O.C17H16O.C9H10O.C8H8O.4CH4/c1-12-5-4-7-13(9-12)17-11-15(19-20-18)10-14-6-2-3-8-16(14)17;3*1-12-5-4-7-13(9-12)17-11-15(18)10-14-6-2-3-8-16(14)17;1-14-6-5-9-16(12-14)10-11-17(18)13-15-7-3-2-4-8-15;1-8(10)7-9-5-3-2-4-6-9;1-7-3-2-4-8(5-7)6-9;;;;/h2-9,14-17H,10-11H2,1H3;2-9,14-17H,10-11,18H2,1H3;2-9,14-18H,10-11H2,1H3;2-9,14,16-17H,10-11H2,1H3;2-12H,13H2,1H3;2-6H,7H2,1H3;2-6H,1H3;4*1H4/b;;;;11-10+;;;;;;. The van der Waals surface area contributed by atoms with E-state index in [1.54, 1.807) is 19.1 Å². The Balaban J connectivity index is 0.000000210. The zero-order valence-electron chi connectivity index (χ0n) is 65.8. The molecule has 9 heteroatoms. The molecule has 0 radical (unpaired) electrons. The second-order valence-corrected chi connectivity index (χ2v) is 31.5. The minimum absolute atomic E-state index is 0. The van der Waals surface area contributed by atoms with Gasteiger partial charge in [0.1, 0.15) is 17.9 Å². The Kier molecular flexibility index (Phi) is 38.8. The molecule has 0 aromatic heterocycles. The maximum Gasteiger partial charge on any atom is 0.160 e. The molecule has 4 fully saturated rings. The topological polar surface area (TPSA) is 163 Å². The van der Waals surface area contributed by atoms with Gasteiger partial charge in [0, 0.05) is 48.2 Å². The van der Waals surface area contributed by atoms with E-state index in [0.717, 1.165) is 72.6 Å². The summed E-state index contributed by atoms with van der Waals surface area (Å²) in [6, 6.07) is 70.6. The average Bonchev–Trinajstić information content (AvgIpc) is 0.805. The molecule has 8 aromatic rings. The van der Waals surface area contributed by atoms with Gasteiger partial charge in [-0.15, -0.1) is 0 Å². The second-order valence-electron chi connectivity index (χ2n) is 31.5. The molecule has 3 N–H and O–H groups in total. The summed E-state index contributed by atoms with van der Waals surface area (Å²) in [6.45, 7) is 14.2. The molecule has 0 amide bonds. The molecular weight excluding hydrogens is 1410 g/mol. The van der Waals surface area contributed by atoms with Crippen molar-refractivity contribution in [3.63, 3.8) is 0 Å². The summed E-state index contributed by atoms with van der Waals surface area (Å²) in [7, 11) is 0. The molecule has 8 aliphatic carbocycles. The molecule has 15 unspecified atom stereocenters. The number of hydrogen-bond acceptors (Lipinski definition) is 7. The van der Waals surface area contributed by atoms with Crippen LogP contribution in [0.2, 0.25) is 0 Å². The van der Waals surface area contributed by atoms with Crippen LogP contribution in [0.15, 0.2) is 315 Å². The number of fused-ring (bicyclic) bond motifs is 4. The van der Waals surface area contributed by atoms with Crippen LogP contribution in [0.3, 0.4) is 0 Å². The summed E-state index contributed by atoms with van der Waals surface area (Å²) in [4.78, 5) is 47.5. The van der Waals surface area contributed by atoms with Gasteiger partial charge in [-0.05, 0) is 215 Å². The molecular formula is C106H128N4O5. The minimum atomic E-state index is -0.159. The Morgan fingerprint density at radius 3 is 1.23 bits per heavy atom. The van der Waals surface area contributed by atoms with Crippen molar-refractivity contribution in [1.82, 2.24) is 0 Å². The molecule has 8 aliphatic rings. The van der Waals surface area contributed by atoms with Gasteiger partial charge >= 0.3 is 0 Å². The van der Waals surface area contributed by atoms with Crippen molar-refractivity contribution in [2.75, 3.05) is 0 Å². The number of ketones is 3. The fourth-order valence-corrected chi connectivity index (χ4v) is 17.3. The van der Waals surface area contributed by atoms with E-state index in [1.165, 1.54) is 50.1 Å². The third-order valence-corrected chi connectivity index (χ3v) is 22.5. The van der Waals surface area contributed by atoms with Crippen LogP contribution in [0.1, 0.15) is 194 Å². The average molecular weight is 1540 g/mol. The monoisotopic (exact) mass is 1540 g/mol. The number of hydrogen-bond donors (Lipinski definition) is 2. The number of allylic oxidation sites excluding steroid dienone is 17. The number of aliphatic hydroxyl groups is 1. The number of Topliss-reactive ketones (excluding diaryl/α,β-unsaturated/α-hetero) is 2. The number of nitrogens with two attached hydrogens (primary N) is 1. The molecule has 115 heavy (non-hydrogen) atoms. The number of aryl methyl sites for hydroxylation is 6. The molecule has 0 heterocycles. The summed E-state index contributed by atoms with van der Waals surface area (Å²) < 4.78 is 0. The van der Waals surface area contributed by atoms with Crippen molar-refractivity contribution in [1.29, 1.82) is 0 Å². The molecule has 602 valence electrons. The predicted molar refractivity (Wildman–Crippen MR) is 485 cm³/mol. The van der Waals surface area contributed by atoms with Crippen LogP contribution >= 0.6 is 0 Å². The first-order valence-corrected chi connectivity index (χ1v) is 39.9. The fourth-order valence-electron chi connectivity index (χ4n) is 17.3. The van der Waals surface area contributed by atoms with Gasteiger partial charge in [0.2, 0.25) is 0 Å². The number of carbonyl (C=O) groups is 4. The second kappa shape index (κ2) is 47.9. The number of azide groups is 1. The van der Waals surface area contributed by atoms with E-state index in [4.69, 9.17) is 11.3 Å². The Labute approximate surface area is 690 Å². The maximum atomic E-state index is 11.9. The largest absolute Gasteiger partial charge is 0.393 e. The highest BCUT2D eigenvalue weighted by molar-refractivity contribution is 5.95. The van der Waals surface area contributed by atoms with Crippen molar-refractivity contribution >= 4 is 29.7 Å². The summed E-state index contributed by atoms with van der Waals surface area (Å²) >= 11 is 0. The molecule has 0 saturated heterocycles. The number of benzene rings is 8. The number of rotatable bonds is 12. The van der Waals surface area contributed by atoms with Crippen LogP contribution in [-0.4, -0.2) is 46.9 Å². The highest BCUT2D eigenvalue weighted by Gasteiger charge is 2.40. The van der Waals surface area contributed by atoms with Gasteiger partial charge in [-0.1, -0.05) is 372 Å². The summed E-state index contributed by atoms with van der Waals surface area (Å²) in [5, 5.41) is 14.1. The van der Waals surface area contributed by atoms with E-state index >= 15 is 0 Å². The van der Waals surface area contributed by atoms with Crippen LogP contribution in [0.25, 0.3) is 16.5 Å². The molecule has 9 nitrogen and oxygen atoms in total. The zero-order chi connectivity index (χ0) is 78.4. The van der Waals surface area contributed by atoms with Gasteiger partial charge in [-0.3, -0.25) is 19.2 Å². The van der Waals surface area contributed by atoms with E-state index in [1.807, 2.05) is 117 Å². The van der Waals surface area contributed by atoms with Gasteiger partial charge in [0.15, 0.2) is 5.78 Å². The Morgan fingerprint density at radius 1 is 0.426 bits per heavy atom. The molecule has 0 bridgehead atoms. The fraction of sp³-hybridized carbons (Fsp3) is 0.340. The van der Waals surface area contributed by atoms with Gasteiger partial charge in [-0.25, -0.2) is 0 Å². The van der Waals surface area contributed by atoms with Crippen LogP contribution in [-0.2, 0) is 27.2 Å². The lowest BCUT2D eigenvalue weighted by molar-refractivity contribution is -0.122. The van der Waals surface area contributed by atoms with Crippen LogP contribution in [0.4, 0.5) is 0 Å². The van der Waals surface area contributed by atoms with E-state index in [0.29, 0.717) is 109 Å². The predicted octanol–water partition coefficient (Wildman–Crippen LogP) is 25.8. The first-order chi connectivity index (χ1) is 53.8. The van der Waals surface area contributed by atoms with Crippen LogP contribution in [0, 0.1) is 88.9 Å². The highest BCUT2D eigenvalue weighted by Crippen LogP contribution is 2.48. The van der Waals surface area contributed by atoms with Gasteiger partial charge in [-0.2, -0.15) is 0 Å². The number of carbonyl (C=O) groups excluding carboxylic acids is 4. The van der Waals surface area contributed by atoms with Crippen LogP contribution in [0.5, 0.6) is 0 Å². The normalized spacial score (nSPS) is 24.1. The lowest BCUT2D eigenvalue weighted by Crippen LogP contribution is -2.37. The smallest absolute Gasteiger partial charge is 0.160 e. The first kappa shape index (κ1) is 93.2. The van der Waals surface area contributed by atoms with Crippen LogP contribution < -0.4 is 5.73 Å². The Hall–Kier alpha value is -10.7. The maximum absolute atomic E-state index is 11.9. The molecule has 8 aromatic carbocycles. The van der Waals surface area contributed by atoms with Gasteiger partial charge < -0.3 is 10.8 Å². The van der Waals surface area contributed by atoms with Crippen molar-refractivity contribution in [3.8, 4) is 0 Å². The third kappa shape index (κ3) is 29.0. The van der Waals surface area contributed by atoms with E-state index in [-0.39, 0.29) is 53.4 Å². The summed E-state index contributed by atoms with van der Waals surface area (Å²) in [5.74, 6) is 6.85. The van der Waals surface area contributed by atoms with E-state index in [9.17, 15) is 24.3 Å². The highest BCUT2D eigenvalue weighted by atomic mass is 16.3. The molecule has 15 atom stereocenters. The Bertz CT molecular complexity index is 4630. The number of aldehydes is 1. The molecule has 0 aliphatic heterocycles. The summed E-state index contributed by atoms with van der Waals surface area (Å²) in [5.41, 5.74) is 32.0. The lowest BCUT2D eigenvalue weighted by atomic mass is 9.66. The van der Waals surface area contributed by atoms with Crippen molar-refractivity contribution in [3.05, 3.63) is 398 Å². The molecule has 16 rings (SSSR count). The van der Waals surface area contributed by atoms with Gasteiger partial charge in [0.25, 0.3) is 0 Å². The molecule has 0 spiro atoms. The van der Waals surface area contributed by atoms with Crippen molar-refractivity contribution in [2.24, 2.45) is 58.2 Å². The lowest BCUT2D eigenvalue weighted by Gasteiger charge is -2.40. The number of nitrogens with zero attached hydrogens (tertiary/aromatic N) is 3. The SMILES string of the molecule is C.C.C.C.CC(=O)Cc1ccccc1.Cc1cccc(/C=C/C(=O)Cc2ccccc2)c1.Cc1cccc(C2CC(=O)CC3C=CC=CC32)c1.Cc1cccc(C2CC(N)CC3C=CC=CC32)c1.Cc1cccc(C2CC(N=[N+]=[N-])CC3C=CC=CC32)c1.Cc1cccc(C2CC(O)CC3C=CC=CC32)c1.Cc1cccc(C=O)c1. The van der Waals surface area contributed by atoms with Crippen molar-refractivity contribution in [2.45, 2.75) is 184 Å². The summed E-state index contributed by atoms with van der Waals surface area (Å²) in [6.07, 6.45) is 48.1. The number of aliphatic hydroxyl groups excluding tert-OH is 1. The van der Waals surface area contributed by atoms with E-state index < -0.39 is 0 Å². The first-order valence-electron chi connectivity index (χ1n) is 39.9. The van der Waals surface area contributed by atoms with Gasteiger partial charge in [0.05, 0.1) is 6.10 Å². The van der Waals surface area contributed by atoms with Crippen molar-refractivity contribution < 1.29 is 24.3 Å². The quantitative estimate of drug-likeness (QED) is 0.0407.